The smallest absolute Gasteiger partial charge is 0.137 e. The zero-order chi connectivity index (χ0) is 10.6. The van der Waals surface area contributed by atoms with Crippen LogP contribution < -0.4 is 10.5 Å². The number of halogens is 1. The van der Waals surface area contributed by atoms with Crippen molar-refractivity contribution < 1.29 is 4.74 Å². The number of hydrogen-bond acceptors (Lipinski definition) is 3. The van der Waals surface area contributed by atoms with Crippen molar-refractivity contribution in [2.45, 2.75) is 12.5 Å². The second-order valence-electron chi connectivity index (χ2n) is 2.86. The van der Waals surface area contributed by atoms with Crippen LogP contribution in [0.2, 0.25) is 5.02 Å². The second-order valence-corrected chi connectivity index (χ2v) is 3.27. The molecule has 2 N–H and O–H groups in total. The van der Waals surface area contributed by atoms with Gasteiger partial charge in [0.2, 0.25) is 0 Å². The van der Waals surface area contributed by atoms with Gasteiger partial charge in [0.1, 0.15) is 5.75 Å². The third-order valence-electron chi connectivity index (χ3n) is 1.92. The van der Waals surface area contributed by atoms with E-state index in [0.717, 1.165) is 5.56 Å². The molecule has 0 aliphatic rings. The van der Waals surface area contributed by atoms with E-state index in [9.17, 15) is 0 Å². The van der Waals surface area contributed by atoms with Crippen molar-refractivity contribution in [2.24, 2.45) is 5.73 Å². The van der Waals surface area contributed by atoms with E-state index in [-0.39, 0.29) is 12.5 Å². The molecule has 0 fully saturated rings. The van der Waals surface area contributed by atoms with Crippen molar-refractivity contribution >= 4 is 11.6 Å². The van der Waals surface area contributed by atoms with Gasteiger partial charge in [0.05, 0.1) is 24.6 Å². The molecule has 1 aromatic rings. The number of hydrogen-bond donors (Lipinski definition) is 1. The van der Waals surface area contributed by atoms with Gasteiger partial charge in [-0.3, -0.25) is 0 Å². The van der Waals surface area contributed by atoms with Gasteiger partial charge < -0.3 is 10.5 Å². The maximum Gasteiger partial charge on any atom is 0.137 e. The van der Waals surface area contributed by atoms with Crippen LogP contribution in [0.4, 0.5) is 0 Å². The van der Waals surface area contributed by atoms with Crippen LogP contribution in [0.25, 0.3) is 0 Å². The number of nitrogens with two attached hydrogens (primary N) is 1. The molecule has 0 saturated carbocycles. The molecule has 1 rings (SSSR count). The molecular weight excluding hydrogens is 200 g/mol. The van der Waals surface area contributed by atoms with E-state index in [2.05, 4.69) is 0 Å². The van der Waals surface area contributed by atoms with Crippen LogP contribution in [-0.4, -0.2) is 7.11 Å². The van der Waals surface area contributed by atoms with Crippen molar-refractivity contribution in [3.8, 4) is 11.8 Å². The van der Waals surface area contributed by atoms with Crippen LogP contribution in [0.15, 0.2) is 18.2 Å². The Balaban J connectivity index is 2.92. The van der Waals surface area contributed by atoms with Gasteiger partial charge >= 0.3 is 0 Å². The van der Waals surface area contributed by atoms with E-state index in [1.54, 1.807) is 19.2 Å². The zero-order valence-corrected chi connectivity index (χ0v) is 8.58. The van der Waals surface area contributed by atoms with Crippen LogP contribution in [0.1, 0.15) is 18.0 Å². The summed E-state index contributed by atoms with van der Waals surface area (Å²) in [5.74, 6) is 0.611. The third kappa shape index (κ3) is 2.38. The summed E-state index contributed by atoms with van der Waals surface area (Å²) in [4.78, 5) is 0. The van der Waals surface area contributed by atoms with Gasteiger partial charge in [-0.1, -0.05) is 17.7 Å². The standard InChI is InChI=1S/C10H11ClN2O/c1-14-10-3-2-7(6-8(10)11)9(13)4-5-12/h2-3,6,9H,4,13H2,1H3/t9-/m0/s1. The van der Waals surface area contributed by atoms with Gasteiger partial charge in [0.15, 0.2) is 0 Å². The predicted octanol–water partition coefficient (Wildman–Crippen LogP) is 2.26. The fourth-order valence-corrected chi connectivity index (χ4v) is 1.40. The molecule has 74 valence electrons. The fourth-order valence-electron chi connectivity index (χ4n) is 1.13. The molecule has 1 aromatic carbocycles. The summed E-state index contributed by atoms with van der Waals surface area (Å²) in [6, 6.07) is 7.01. The predicted molar refractivity (Wildman–Crippen MR) is 55.2 cm³/mol. The Morgan fingerprint density at radius 1 is 1.64 bits per heavy atom. The first-order chi connectivity index (χ1) is 6.69. The topological polar surface area (TPSA) is 59.0 Å². The summed E-state index contributed by atoms with van der Waals surface area (Å²) in [6.07, 6.45) is 0.280. The summed E-state index contributed by atoms with van der Waals surface area (Å²) in [6.45, 7) is 0. The lowest BCUT2D eigenvalue weighted by molar-refractivity contribution is 0.414. The van der Waals surface area contributed by atoms with Crippen molar-refractivity contribution in [3.05, 3.63) is 28.8 Å². The normalized spacial score (nSPS) is 11.9. The van der Waals surface area contributed by atoms with Gasteiger partial charge in [0, 0.05) is 6.04 Å². The lowest BCUT2D eigenvalue weighted by Crippen LogP contribution is -2.09. The third-order valence-corrected chi connectivity index (χ3v) is 2.21. The molecule has 0 unspecified atom stereocenters. The molecule has 4 heteroatoms. The van der Waals surface area contributed by atoms with Gasteiger partial charge in [0.25, 0.3) is 0 Å². The zero-order valence-electron chi connectivity index (χ0n) is 7.83. The SMILES string of the molecule is COc1ccc([C@@H](N)CC#N)cc1Cl. The van der Waals surface area contributed by atoms with Gasteiger partial charge in [-0.15, -0.1) is 0 Å². The Bertz CT molecular complexity index is 360. The Kier molecular flexibility index (Phi) is 3.75. The molecule has 3 nitrogen and oxygen atoms in total. The largest absolute Gasteiger partial charge is 0.495 e. The number of ether oxygens (including phenoxy) is 1. The molecule has 1 atom stereocenters. The van der Waals surface area contributed by atoms with E-state index < -0.39 is 0 Å². The maximum absolute atomic E-state index is 8.48. The number of nitrogens with zero attached hydrogens (tertiary/aromatic N) is 1. The minimum Gasteiger partial charge on any atom is -0.495 e. The van der Waals surface area contributed by atoms with Crippen LogP contribution >= 0.6 is 11.6 Å². The van der Waals surface area contributed by atoms with Gasteiger partial charge in [-0.25, -0.2) is 0 Å². The highest BCUT2D eigenvalue weighted by atomic mass is 35.5. The first-order valence-electron chi connectivity index (χ1n) is 4.15. The molecule has 0 saturated heterocycles. The molecule has 0 spiro atoms. The van der Waals surface area contributed by atoms with Crippen molar-refractivity contribution in [2.75, 3.05) is 7.11 Å². The minimum absolute atomic E-state index is 0.280. The first-order valence-corrected chi connectivity index (χ1v) is 4.52. The average Bonchev–Trinajstić information content (AvgIpc) is 2.18. The summed E-state index contributed by atoms with van der Waals surface area (Å²) in [5, 5.41) is 8.99. The van der Waals surface area contributed by atoms with Crippen molar-refractivity contribution in [3.63, 3.8) is 0 Å². The van der Waals surface area contributed by atoms with Crippen LogP contribution in [0.5, 0.6) is 5.75 Å². The highest BCUT2D eigenvalue weighted by Crippen LogP contribution is 2.27. The average molecular weight is 211 g/mol. The fraction of sp³-hybridized carbons (Fsp3) is 0.300. The summed E-state index contributed by atoms with van der Waals surface area (Å²) >= 11 is 5.91. The minimum atomic E-state index is -0.289. The van der Waals surface area contributed by atoms with E-state index in [4.69, 9.17) is 27.3 Å². The Morgan fingerprint density at radius 3 is 2.86 bits per heavy atom. The number of nitriles is 1. The molecular formula is C10H11ClN2O. The first kappa shape index (κ1) is 10.8. The number of rotatable bonds is 3. The Morgan fingerprint density at radius 2 is 2.36 bits per heavy atom. The van der Waals surface area contributed by atoms with E-state index in [1.165, 1.54) is 0 Å². The lowest BCUT2D eigenvalue weighted by atomic mass is 10.1. The highest BCUT2D eigenvalue weighted by Gasteiger charge is 2.08. The van der Waals surface area contributed by atoms with Gasteiger partial charge in [-0.05, 0) is 17.7 Å². The quantitative estimate of drug-likeness (QED) is 0.833. The van der Waals surface area contributed by atoms with Crippen LogP contribution in [0, 0.1) is 11.3 Å². The summed E-state index contributed by atoms with van der Waals surface area (Å²) in [7, 11) is 1.55. The second kappa shape index (κ2) is 4.85. The van der Waals surface area contributed by atoms with E-state index in [0.29, 0.717) is 10.8 Å². The molecule has 0 aliphatic heterocycles. The summed E-state index contributed by atoms with van der Waals surface area (Å²) in [5.41, 5.74) is 6.59. The maximum atomic E-state index is 8.48. The van der Waals surface area contributed by atoms with Crippen LogP contribution in [0.3, 0.4) is 0 Å². The van der Waals surface area contributed by atoms with Crippen molar-refractivity contribution in [1.82, 2.24) is 0 Å². The Labute approximate surface area is 88.0 Å². The Hall–Kier alpha value is -1.24. The molecule has 0 bridgehead atoms. The molecule has 0 amide bonds. The van der Waals surface area contributed by atoms with Crippen LogP contribution in [-0.2, 0) is 0 Å². The number of methoxy groups -OCH3 is 1. The van der Waals surface area contributed by atoms with E-state index >= 15 is 0 Å². The van der Waals surface area contributed by atoms with Crippen molar-refractivity contribution in [1.29, 1.82) is 5.26 Å². The highest BCUT2D eigenvalue weighted by molar-refractivity contribution is 6.32. The number of benzene rings is 1. The lowest BCUT2D eigenvalue weighted by Gasteiger charge is -2.09. The van der Waals surface area contributed by atoms with Gasteiger partial charge in [-0.2, -0.15) is 5.26 Å². The molecule has 0 aromatic heterocycles. The summed E-state index contributed by atoms with van der Waals surface area (Å²) < 4.78 is 5.00. The monoisotopic (exact) mass is 210 g/mol. The molecule has 0 aliphatic carbocycles. The van der Waals surface area contributed by atoms with E-state index in [1.807, 2.05) is 12.1 Å². The molecule has 0 heterocycles. The molecule has 14 heavy (non-hydrogen) atoms. The molecule has 0 radical (unpaired) electrons.